The van der Waals surface area contributed by atoms with Gasteiger partial charge in [0.05, 0.1) is 25.5 Å². The van der Waals surface area contributed by atoms with E-state index in [2.05, 4.69) is 10.5 Å². The van der Waals surface area contributed by atoms with Crippen molar-refractivity contribution in [2.24, 2.45) is 5.10 Å². The Morgan fingerprint density at radius 1 is 1.17 bits per heavy atom. The molecule has 0 unspecified atom stereocenters. The minimum Gasteiger partial charge on any atom is -0.496 e. The maximum atomic E-state index is 12.8. The third kappa shape index (κ3) is 4.20. The van der Waals surface area contributed by atoms with Gasteiger partial charge in [-0.15, -0.1) is 0 Å². The predicted octanol–water partition coefficient (Wildman–Crippen LogP) is 3.26. The van der Waals surface area contributed by atoms with E-state index in [0.29, 0.717) is 27.6 Å². The Bertz CT molecular complexity index is 733. The van der Waals surface area contributed by atoms with Crippen molar-refractivity contribution < 1.29 is 18.7 Å². The van der Waals surface area contributed by atoms with Crippen LogP contribution in [0.5, 0.6) is 11.5 Å². The number of hydrogen-bond acceptors (Lipinski definition) is 4. The van der Waals surface area contributed by atoms with Crippen LogP contribution in [0.1, 0.15) is 15.9 Å². The van der Waals surface area contributed by atoms with Gasteiger partial charge < -0.3 is 9.47 Å². The molecule has 120 valence electrons. The van der Waals surface area contributed by atoms with E-state index in [0.717, 1.165) is 0 Å². The summed E-state index contributed by atoms with van der Waals surface area (Å²) in [7, 11) is 2.99. The van der Waals surface area contributed by atoms with Gasteiger partial charge in [0, 0.05) is 17.2 Å². The molecule has 0 aliphatic rings. The molecule has 0 aromatic heterocycles. The zero-order chi connectivity index (χ0) is 16.8. The summed E-state index contributed by atoms with van der Waals surface area (Å²) in [6.45, 7) is 0. The number of halogens is 2. The molecular weight excluding hydrogens is 323 g/mol. The van der Waals surface area contributed by atoms with Gasteiger partial charge in [-0.2, -0.15) is 5.10 Å². The number of methoxy groups -OCH3 is 2. The average Bonchev–Trinajstić information content (AvgIpc) is 2.55. The number of rotatable bonds is 5. The molecule has 23 heavy (non-hydrogen) atoms. The van der Waals surface area contributed by atoms with Gasteiger partial charge in [-0.05, 0) is 30.3 Å². The Morgan fingerprint density at radius 2 is 1.83 bits per heavy atom. The van der Waals surface area contributed by atoms with Gasteiger partial charge in [-0.1, -0.05) is 11.6 Å². The van der Waals surface area contributed by atoms with Crippen LogP contribution >= 0.6 is 11.6 Å². The molecule has 0 atom stereocenters. The normalized spacial score (nSPS) is 10.6. The van der Waals surface area contributed by atoms with E-state index in [9.17, 15) is 9.18 Å². The van der Waals surface area contributed by atoms with Crippen molar-refractivity contribution >= 4 is 23.7 Å². The van der Waals surface area contributed by atoms with Crippen LogP contribution in [0.2, 0.25) is 5.02 Å². The first-order valence-electron chi connectivity index (χ1n) is 6.55. The zero-order valence-electron chi connectivity index (χ0n) is 12.5. The molecule has 2 rings (SSSR count). The molecule has 0 saturated heterocycles. The summed E-state index contributed by atoms with van der Waals surface area (Å²) in [5, 5.41) is 4.24. The maximum absolute atomic E-state index is 12.8. The average molecular weight is 337 g/mol. The number of benzene rings is 2. The van der Waals surface area contributed by atoms with E-state index in [-0.39, 0.29) is 0 Å². The predicted molar refractivity (Wildman–Crippen MR) is 86.0 cm³/mol. The maximum Gasteiger partial charge on any atom is 0.271 e. The third-order valence-corrected chi connectivity index (χ3v) is 3.28. The number of nitrogens with zero attached hydrogens (tertiary/aromatic N) is 1. The van der Waals surface area contributed by atoms with Gasteiger partial charge >= 0.3 is 0 Å². The second kappa shape index (κ2) is 7.60. The van der Waals surface area contributed by atoms with E-state index in [4.69, 9.17) is 21.1 Å². The van der Waals surface area contributed by atoms with Crippen LogP contribution in [0, 0.1) is 5.82 Å². The smallest absolute Gasteiger partial charge is 0.271 e. The first kappa shape index (κ1) is 16.8. The number of carbonyl (C=O) groups excluding carboxylic acids is 1. The molecule has 1 amide bonds. The Kier molecular flexibility index (Phi) is 5.54. The van der Waals surface area contributed by atoms with Crippen LogP contribution in [0.4, 0.5) is 4.39 Å². The highest BCUT2D eigenvalue weighted by Gasteiger charge is 2.09. The summed E-state index contributed by atoms with van der Waals surface area (Å²) >= 11 is 6.05. The molecule has 0 fully saturated rings. The molecule has 0 aliphatic heterocycles. The van der Waals surface area contributed by atoms with Crippen LogP contribution in [0.3, 0.4) is 0 Å². The van der Waals surface area contributed by atoms with Crippen molar-refractivity contribution in [3.63, 3.8) is 0 Å². The Labute approximate surface area is 137 Å². The first-order chi connectivity index (χ1) is 11.0. The zero-order valence-corrected chi connectivity index (χ0v) is 13.2. The molecule has 0 heterocycles. The molecule has 2 aromatic rings. The minimum absolute atomic E-state index is 0.295. The molecule has 5 nitrogen and oxygen atoms in total. The van der Waals surface area contributed by atoms with Crippen LogP contribution < -0.4 is 14.9 Å². The largest absolute Gasteiger partial charge is 0.496 e. The molecular formula is C16H14ClFN2O3. The molecule has 0 radical (unpaired) electrons. The number of hydrazone groups is 1. The van der Waals surface area contributed by atoms with Crippen molar-refractivity contribution in [1.82, 2.24) is 5.43 Å². The van der Waals surface area contributed by atoms with Gasteiger partial charge in [-0.3, -0.25) is 4.79 Å². The van der Waals surface area contributed by atoms with Crippen LogP contribution in [0.15, 0.2) is 41.5 Å². The van der Waals surface area contributed by atoms with Crippen LogP contribution in [0.25, 0.3) is 0 Å². The third-order valence-electron chi connectivity index (χ3n) is 2.98. The lowest BCUT2D eigenvalue weighted by Crippen LogP contribution is -2.17. The Balaban J connectivity index is 2.12. The number of ether oxygens (including phenoxy) is 2. The van der Waals surface area contributed by atoms with Crippen molar-refractivity contribution in [3.05, 3.63) is 58.4 Å². The van der Waals surface area contributed by atoms with Crippen molar-refractivity contribution in [2.45, 2.75) is 0 Å². The molecule has 1 N–H and O–H groups in total. The second-order valence-electron chi connectivity index (χ2n) is 4.43. The molecule has 0 bridgehead atoms. The first-order valence-corrected chi connectivity index (χ1v) is 6.93. The lowest BCUT2D eigenvalue weighted by Gasteiger charge is -2.09. The lowest BCUT2D eigenvalue weighted by atomic mass is 10.2. The summed E-state index contributed by atoms with van der Waals surface area (Å²) in [6, 6.07) is 8.35. The number of hydrogen-bond donors (Lipinski definition) is 1. The van der Waals surface area contributed by atoms with Crippen molar-refractivity contribution in [2.75, 3.05) is 14.2 Å². The molecule has 2 aromatic carbocycles. The number of amides is 1. The standard InChI is InChI=1S/C16H14ClFN2O3/c1-22-14-8-15(23-2)13(17)7-11(14)9-19-20-16(21)10-3-5-12(18)6-4-10/h3-9H,1-2H3,(H,20,21)/b19-9-. The van der Waals surface area contributed by atoms with Crippen LogP contribution in [-0.4, -0.2) is 26.3 Å². The highest BCUT2D eigenvalue weighted by molar-refractivity contribution is 6.32. The summed E-state index contributed by atoms with van der Waals surface area (Å²) < 4.78 is 23.1. The highest BCUT2D eigenvalue weighted by atomic mass is 35.5. The van der Waals surface area contributed by atoms with E-state index in [1.165, 1.54) is 44.7 Å². The summed E-state index contributed by atoms with van der Waals surface area (Å²) in [5.41, 5.74) is 3.21. The second-order valence-corrected chi connectivity index (χ2v) is 4.84. The van der Waals surface area contributed by atoms with Gasteiger partial charge in [-0.25, -0.2) is 9.82 Å². The van der Waals surface area contributed by atoms with Crippen molar-refractivity contribution in [3.8, 4) is 11.5 Å². The van der Waals surface area contributed by atoms with E-state index < -0.39 is 11.7 Å². The molecule has 0 spiro atoms. The fraction of sp³-hybridized carbons (Fsp3) is 0.125. The summed E-state index contributed by atoms with van der Waals surface area (Å²) in [5.74, 6) is 0.0875. The molecule has 0 aliphatic carbocycles. The number of carbonyl (C=O) groups is 1. The van der Waals surface area contributed by atoms with Gasteiger partial charge in [0.2, 0.25) is 0 Å². The quantitative estimate of drug-likeness (QED) is 0.673. The lowest BCUT2D eigenvalue weighted by molar-refractivity contribution is 0.0955. The SMILES string of the molecule is COc1cc(OC)c(/C=N\NC(=O)c2ccc(F)cc2)cc1Cl. The Hall–Kier alpha value is -2.60. The topological polar surface area (TPSA) is 59.9 Å². The summed E-state index contributed by atoms with van der Waals surface area (Å²) in [6.07, 6.45) is 1.39. The fourth-order valence-electron chi connectivity index (χ4n) is 1.81. The van der Waals surface area contributed by atoms with E-state index in [1.807, 2.05) is 0 Å². The van der Waals surface area contributed by atoms with E-state index >= 15 is 0 Å². The summed E-state index contributed by atoms with van der Waals surface area (Å²) in [4.78, 5) is 11.8. The van der Waals surface area contributed by atoms with Gasteiger partial charge in [0.15, 0.2) is 0 Å². The monoisotopic (exact) mass is 336 g/mol. The van der Waals surface area contributed by atoms with Gasteiger partial charge in [0.1, 0.15) is 17.3 Å². The van der Waals surface area contributed by atoms with E-state index in [1.54, 1.807) is 12.1 Å². The number of nitrogens with one attached hydrogen (secondary N) is 1. The molecule has 7 heteroatoms. The molecule has 0 saturated carbocycles. The fourth-order valence-corrected chi connectivity index (χ4v) is 2.06. The van der Waals surface area contributed by atoms with Gasteiger partial charge in [0.25, 0.3) is 5.91 Å². The Morgan fingerprint density at radius 3 is 2.43 bits per heavy atom. The van der Waals surface area contributed by atoms with Crippen molar-refractivity contribution in [1.29, 1.82) is 0 Å². The minimum atomic E-state index is -0.458. The highest BCUT2D eigenvalue weighted by Crippen LogP contribution is 2.31. The van der Waals surface area contributed by atoms with Crippen LogP contribution in [-0.2, 0) is 0 Å².